The van der Waals surface area contributed by atoms with Crippen LogP contribution in [0.5, 0.6) is 0 Å². The summed E-state index contributed by atoms with van der Waals surface area (Å²) >= 11 is 1.36. The van der Waals surface area contributed by atoms with Crippen molar-refractivity contribution < 1.29 is 24.0 Å². The summed E-state index contributed by atoms with van der Waals surface area (Å²) in [5.41, 5.74) is -0.702. The van der Waals surface area contributed by atoms with E-state index >= 15 is 0 Å². The molecule has 1 aromatic heterocycles. The number of amides is 1. The first-order chi connectivity index (χ1) is 12.2. The van der Waals surface area contributed by atoms with Gasteiger partial charge in [0.2, 0.25) is 0 Å². The number of nitrogens with one attached hydrogen (secondary N) is 1. The maximum atomic E-state index is 11.9. The van der Waals surface area contributed by atoms with Gasteiger partial charge in [-0.15, -0.1) is 0 Å². The molecule has 0 bridgehead atoms. The topological polar surface area (TPSA) is 124 Å². The lowest BCUT2D eigenvalue weighted by molar-refractivity contribution is -0.138. The Kier molecular flexibility index (Phi) is 6.74. The van der Waals surface area contributed by atoms with Crippen LogP contribution >= 0.6 is 11.8 Å². The zero-order valence-corrected chi connectivity index (χ0v) is 16.0. The quantitative estimate of drug-likeness (QED) is 0.757. The number of rotatable bonds is 6. The van der Waals surface area contributed by atoms with Crippen LogP contribution in [-0.2, 0) is 16.0 Å². The molecule has 1 amide bonds. The molecule has 1 aromatic rings. The highest BCUT2D eigenvalue weighted by Crippen LogP contribution is 2.25. The van der Waals surface area contributed by atoms with Crippen molar-refractivity contribution in [2.24, 2.45) is 0 Å². The van der Waals surface area contributed by atoms with E-state index in [0.29, 0.717) is 18.0 Å². The number of aliphatic carboxylic acids is 1. The zero-order chi connectivity index (χ0) is 19.3. The maximum absolute atomic E-state index is 11.9. The molecule has 1 aliphatic heterocycles. The lowest BCUT2D eigenvalue weighted by Crippen LogP contribution is -2.45. The van der Waals surface area contributed by atoms with Crippen molar-refractivity contribution in [3.63, 3.8) is 0 Å². The first-order valence-electron chi connectivity index (χ1n) is 8.54. The summed E-state index contributed by atoms with van der Waals surface area (Å²) in [6, 6.07) is -1.16. The van der Waals surface area contributed by atoms with Crippen LogP contribution in [-0.4, -0.2) is 50.0 Å². The van der Waals surface area contributed by atoms with Crippen LogP contribution in [0.15, 0.2) is 9.32 Å². The summed E-state index contributed by atoms with van der Waals surface area (Å²) in [5.74, 6) is -0.269. The molecule has 0 saturated heterocycles. The third-order valence-corrected chi connectivity index (χ3v) is 5.03. The van der Waals surface area contributed by atoms with Crippen molar-refractivity contribution >= 4 is 23.8 Å². The maximum Gasteiger partial charge on any atom is 0.441 e. The van der Waals surface area contributed by atoms with Crippen molar-refractivity contribution in [1.29, 1.82) is 0 Å². The van der Waals surface area contributed by atoms with E-state index in [9.17, 15) is 19.5 Å². The molecule has 0 spiro atoms. The summed E-state index contributed by atoms with van der Waals surface area (Å²) in [5, 5.41) is 15.5. The third kappa shape index (κ3) is 5.79. The number of nitrogens with zero attached hydrogens (tertiary/aromatic N) is 2. The van der Waals surface area contributed by atoms with E-state index in [1.54, 1.807) is 25.3 Å². The Labute approximate surface area is 155 Å². The minimum Gasteiger partial charge on any atom is -0.480 e. The van der Waals surface area contributed by atoms with Gasteiger partial charge in [-0.3, -0.25) is 9.09 Å². The number of ether oxygens (including phenoxy) is 1. The minimum atomic E-state index is -1.13. The summed E-state index contributed by atoms with van der Waals surface area (Å²) in [6.07, 6.45) is 2.64. The molecule has 2 N–H and O–H groups in total. The lowest BCUT2D eigenvalue weighted by Gasteiger charge is -2.22. The number of fused-ring (bicyclic) bond motifs is 1. The van der Waals surface area contributed by atoms with Crippen LogP contribution in [0, 0.1) is 0 Å². The second-order valence-electron chi connectivity index (χ2n) is 7.21. The molecule has 10 heteroatoms. The van der Waals surface area contributed by atoms with Crippen LogP contribution in [0.3, 0.4) is 0 Å². The molecule has 0 fully saturated rings. The van der Waals surface area contributed by atoms with Gasteiger partial charge in [0, 0.05) is 17.9 Å². The Morgan fingerprint density at radius 3 is 2.85 bits per heavy atom. The highest BCUT2D eigenvalue weighted by molar-refractivity contribution is 7.99. The molecule has 0 aliphatic carbocycles. The predicted octanol–water partition coefficient (Wildman–Crippen LogP) is 1.81. The van der Waals surface area contributed by atoms with Crippen molar-refractivity contribution in [2.75, 3.05) is 11.5 Å². The third-order valence-electron chi connectivity index (χ3n) is 3.84. The molecule has 2 heterocycles. The number of carboxylic acid groups (broad SMARTS) is 1. The van der Waals surface area contributed by atoms with E-state index in [0.717, 1.165) is 19.3 Å². The smallest absolute Gasteiger partial charge is 0.441 e. The second kappa shape index (κ2) is 8.61. The van der Waals surface area contributed by atoms with Gasteiger partial charge in [0.15, 0.2) is 5.82 Å². The van der Waals surface area contributed by atoms with Gasteiger partial charge in [-0.1, -0.05) is 11.6 Å². The number of hydrogen-bond donors (Lipinski definition) is 2. The predicted molar refractivity (Wildman–Crippen MR) is 95.5 cm³/mol. The normalized spacial score (nSPS) is 18.5. The van der Waals surface area contributed by atoms with Gasteiger partial charge in [0.1, 0.15) is 11.6 Å². The number of alkyl carbamates (subject to hydrolysis) is 1. The Hall–Kier alpha value is -1.97. The summed E-state index contributed by atoms with van der Waals surface area (Å²) < 4.78 is 11.4. The summed E-state index contributed by atoms with van der Waals surface area (Å²) in [6.45, 7) is 5.12. The monoisotopic (exact) mass is 387 g/mol. The lowest BCUT2D eigenvalue weighted by atomic mass is 10.1. The van der Waals surface area contributed by atoms with Crippen LogP contribution in [0.25, 0.3) is 0 Å². The summed E-state index contributed by atoms with van der Waals surface area (Å²) in [4.78, 5) is 35.0. The second-order valence-corrected chi connectivity index (χ2v) is 8.28. The van der Waals surface area contributed by atoms with Crippen LogP contribution in [0.2, 0.25) is 0 Å². The first-order valence-corrected chi connectivity index (χ1v) is 9.70. The van der Waals surface area contributed by atoms with Gasteiger partial charge >= 0.3 is 17.8 Å². The van der Waals surface area contributed by atoms with E-state index in [1.165, 1.54) is 11.8 Å². The fraction of sp³-hybridized carbons (Fsp3) is 0.750. The molecular formula is C16H25N3O6S. The molecule has 26 heavy (non-hydrogen) atoms. The number of thioether (sulfide) groups is 1. The average Bonchev–Trinajstić information content (AvgIpc) is 2.75. The number of carbonyl (C=O) groups excluding carboxylic acids is 1. The van der Waals surface area contributed by atoms with Crippen LogP contribution in [0.1, 0.15) is 51.9 Å². The Bertz CT molecular complexity index is 693. The number of aryl methyl sites for hydroxylation is 1. The van der Waals surface area contributed by atoms with Gasteiger partial charge < -0.3 is 15.2 Å². The van der Waals surface area contributed by atoms with Gasteiger partial charge in [-0.25, -0.2) is 14.4 Å². The summed E-state index contributed by atoms with van der Waals surface area (Å²) in [7, 11) is 0. The molecule has 0 radical (unpaired) electrons. The molecule has 2 rings (SSSR count). The van der Waals surface area contributed by atoms with E-state index in [2.05, 4.69) is 10.5 Å². The van der Waals surface area contributed by atoms with E-state index in [-0.39, 0.29) is 11.8 Å². The van der Waals surface area contributed by atoms with E-state index in [1.807, 2.05) is 0 Å². The molecule has 0 aromatic carbocycles. The van der Waals surface area contributed by atoms with Gasteiger partial charge in [-0.2, -0.15) is 11.8 Å². The molecule has 146 valence electrons. The molecule has 1 aliphatic rings. The highest BCUT2D eigenvalue weighted by atomic mass is 32.2. The average molecular weight is 387 g/mol. The fourth-order valence-corrected chi connectivity index (χ4v) is 3.89. The Morgan fingerprint density at radius 2 is 2.19 bits per heavy atom. The van der Waals surface area contributed by atoms with Crippen molar-refractivity contribution in [1.82, 2.24) is 15.0 Å². The van der Waals surface area contributed by atoms with Crippen molar-refractivity contribution in [3.05, 3.63) is 16.4 Å². The molecular weight excluding hydrogens is 362 g/mol. The van der Waals surface area contributed by atoms with Crippen LogP contribution in [0.4, 0.5) is 4.79 Å². The number of aromatic nitrogens is 2. The zero-order valence-electron chi connectivity index (χ0n) is 15.2. The van der Waals surface area contributed by atoms with E-state index < -0.39 is 29.5 Å². The standard InChI is InChI=1S/C16H25N3O6S/c1-16(2,3)24-14(22)17-11(13(20)21)9-26-8-10-6-4-5-7-12-18-25-15(23)19(10)12/h10-11H,4-9H2,1-3H3,(H,17,22)(H,20,21). The van der Waals surface area contributed by atoms with Crippen LogP contribution < -0.4 is 11.1 Å². The van der Waals surface area contributed by atoms with E-state index in [4.69, 9.17) is 9.26 Å². The number of carbonyl (C=O) groups is 2. The minimum absolute atomic E-state index is 0.0905. The van der Waals surface area contributed by atoms with Crippen molar-refractivity contribution in [2.45, 2.75) is 64.1 Å². The Balaban J connectivity index is 1.92. The fourth-order valence-electron chi connectivity index (χ4n) is 2.71. The number of carboxylic acids is 1. The molecule has 0 saturated carbocycles. The largest absolute Gasteiger partial charge is 0.480 e. The molecule has 2 atom stereocenters. The number of hydrogen-bond acceptors (Lipinski definition) is 7. The van der Waals surface area contributed by atoms with Gasteiger partial charge in [0.05, 0.1) is 6.04 Å². The SMILES string of the molecule is CC(C)(C)OC(=O)NC(CSCC1CCCCc2noc(=O)n21)C(=O)O. The van der Waals surface area contributed by atoms with Gasteiger partial charge in [0.25, 0.3) is 0 Å². The Morgan fingerprint density at radius 1 is 1.46 bits per heavy atom. The highest BCUT2D eigenvalue weighted by Gasteiger charge is 2.26. The van der Waals surface area contributed by atoms with Crippen molar-refractivity contribution in [3.8, 4) is 0 Å². The first kappa shape index (κ1) is 20.3. The molecule has 2 unspecified atom stereocenters. The molecule has 9 nitrogen and oxygen atoms in total. The van der Waals surface area contributed by atoms with Gasteiger partial charge in [-0.05, 0) is 33.6 Å².